The number of carbonyl (C=O) groups is 2. The zero-order valence-electron chi connectivity index (χ0n) is 32.9. The lowest BCUT2D eigenvalue weighted by Crippen LogP contribution is -2.59. The number of hydrogen-bond donors (Lipinski definition) is 0. The molecule has 0 spiro atoms. The molecule has 3 aliphatic heterocycles. The number of methoxy groups -OCH3 is 3. The summed E-state index contributed by atoms with van der Waals surface area (Å²) in [7, 11) is 9.15. The fourth-order valence-electron chi connectivity index (χ4n) is 10.4. The second-order valence-electron chi connectivity index (χ2n) is 16.5. The summed E-state index contributed by atoms with van der Waals surface area (Å²) in [6.45, 7) is 8.17. The third kappa shape index (κ3) is 8.27. The van der Waals surface area contributed by atoms with Crippen molar-refractivity contribution >= 4 is 11.8 Å². The van der Waals surface area contributed by atoms with E-state index in [4.69, 9.17) is 37.9 Å². The molecule has 17 atom stereocenters. The molecule has 3 saturated heterocycles. The minimum Gasteiger partial charge on any atom is -0.462 e. The molecule has 0 N–H and O–H groups in total. The minimum atomic E-state index is -0.594. The van der Waals surface area contributed by atoms with E-state index in [1.54, 1.807) is 21.3 Å². The molecule has 0 bridgehead atoms. The minimum absolute atomic E-state index is 0.0380. The molecule has 11 nitrogen and oxygen atoms in total. The lowest BCUT2D eigenvalue weighted by atomic mass is 9.70. The first-order chi connectivity index (χ1) is 25.0. The van der Waals surface area contributed by atoms with Crippen LogP contribution in [0.4, 0.5) is 0 Å². The van der Waals surface area contributed by atoms with Crippen LogP contribution in [0.25, 0.3) is 0 Å². The van der Waals surface area contributed by atoms with Crippen LogP contribution in [0.1, 0.15) is 85.5 Å². The number of esters is 1. The number of hydrogen-bond acceptors (Lipinski definition) is 11. The molecule has 6 rings (SSSR count). The Morgan fingerprint density at radius 2 is 1.58 bits per heavy atom. The third-order valence-electron chi connectivity index (χ3n) is 13.3. The normalized spacial score (nSPS) is 45.7. The van der Waals surface area contributed by atoms with Crippen molar-refractivity contribution < 1.29 is 47.5 Å². The summed E-state index contributed by atoms with van der Waals surface area (Å²) in [4.78, 5) is 30.4. The Morgan fingerprint density at radius 1 is 0.827 bits per heavy atom. The van der Waals surface area contributed by atoms with Gasteiger partial charge in [-0.15, -0.1) is 0 Å². The van der Waals surface area contributed by atoms with Crippen LogP contribution >= 0.6 is 0 Å². The van der Waals surface area contributed by atoms with Crippen LogP contribution in [-0.4, -0.2) is 120 Å². The van der Waals surface area contributed by atoms with Crippen molar-refractivity contribution in [3.63, 3.8) is 0 Å². The Bertz CT molecular complexity index is 1290. The third-order valence-corrected chi connectivity index (χ3v) is 13.3. The number of allylic oxidation sites excluding steroid dienone is 4. The highest BCUT2D eigenvalue weighted by molar-refractivity contribution is 5.99. The van der Waals surface area contributed by atoms with E-state index in [1.807, 2.05) is 13.8 Å². The summed E-state index contributed by atoms with van der Waals surface area (Å²) in [6, 6.07) is 0.339. The number of cyclic esters (lactones) is 1. The van der Waals surface area contributed by atoms with Gasteiger partial charge in [0.1, 0.15) is 24.4 Å². The number of nitrogens with zero attached hydrogens (tertiary/aromatic N) is 1. The molecule has 3 heterocycles. The molecule has 294 valence electrons. The fraction of sp³-hybridized carbons (Fsp3) is 0.854. The van der Waals surface area contributed by atoms with Gasteiger partial charge in [-0.1, -0.05) is 32.1 Å². The van der Waals surface area contributed by atoms with Crippen LogP contribution in [-0.2, 0) is 47.5 Å². The van der Waals surface area contributed by atoms with Gasteiger partial charge in [0.25, 0.3) is 0 Å². The van der Waals surface area contributed by atoms with Gasteiger partial charge >= 0.3 is 5.97 Å². The van der Waals surface area contributed by atoms with E-state index >= 15 is 0 Å². The maximum absolute atomic E-state index is 14.7. The van der Waals surface area contributed by atoms with Gasteiger partial charge in [0.2, 0.25) is 0 Å². The first kappa shape index (κ1) is 40.0. The van der Waals surface area contributed by atoms with Gasteiger partial charge < -0.3 is 42.8 Å². The monoisotopic (exact) mass is 731 g/mol. The zero-order valence-corrected chi connectivity index (χ0v) is 32.9. The average molecular weight is 732 g/mol. The van der Waals surface area contributed by atoms with E-state index in [9.17, 15) is 9.59 Å². The first-order valence-corrected chi connectivity index (χ1v) is 20.0. The van der Waals surface area contributed by atoms with Crippen molar-refractivity contribution in [2.45, 2.75) is 153 Å². The van der Waals surface area contributed by atoms with Crippen LogP contribution in [0.5, 0.6) is 0 Å². The molecule has 0 aromatic rings. The van der Waals surface area contributed by atoms with Crippen molar-refractivity contribution in [2.75, 3.05) is 35.4 Å². The Labute approximate surface area is 311 Å². The summed E-state index contributed by atoms with van der Waals surface area (Å²) in [5, 5.41) is 0. The van der Waals surface area contributed by atoms with Crippen LogP contribution in [0, 0.1) is 35.5 Å². The molecule has 6 aliphatic rings. The highest BCUT2D eigenvalue weighted by Gasteiger charge is 2.52. The number of likely N-dealkylation sites (N-methyl/N-ethyl adjacent to an activating group) is 1. The first-order valence-electron chi connectivity index (χ1n) is 20.0. The SMILES string of the molecule is CC[C@H]1CCC[C@@H](O[C@@H]2CC[C@H](N(C)C)[C@@H](C)O2)[C@@H](C)C(=O)C2=C[C@@H]3[C@@H](C=C[C@@H]4C[C@@H](O[C@@H]5O[C@@H](C)[C@H](OC)[C@@H](OC)[C@H]5OC)C[C@@H]34)[C@@H]2CC(=O)O1. The van der Waals surface area contributed by atoms with E-state index in [2.05, 4.69) is 51.1 Å². The van der Waals surface area contributed by atoms with Crippen molar-refractivity contribution in [3.8, 4) is 0 Å². The lowest BCUT2D eigenvalue weighted by Gasteiger charge is -2.44. The molecule has 52 heavy (non-hydrogen) atoms. The second kappa shape index (κ2) is 17.4. The maximum atomic E-state index is 14.7. The average Bonchev–Trinajstić information content (AvgIpc) is 3.70. The quantitative estimate of drug-likeness (QED) is 0.222. The summed E-state index contributed by atoms with van der Waals surface area (Å²) in [6.07, 6.45) is 10.8. The molecule has 0 radical (unpaired) electrons. The number of Topliss-reactive ketones (excluding diaryl/α,β-unsaturated/α-hetero) is 1. The molecule has 0 amide bonds. The molecule has 0 unspecified atom stereocenters. The summed E-state index contributed by atoms with van der Waals surface area (Å²) >= 11 is 0. The Morgan fingerprint density at radius 3 is 2.25 bits per heavy atom. The summed E-state index contributed by atoms with van der Waals surface area (Å²) < 4.78 is 49.5. The van der Waals surface area contributed by atoms with E-state index in [1.165, 1.54) is 0 Å². The molecule has 0 aromatic heterocycles. The fourth-order valence-corrected chi connectivity index (χ4v) is 10.4. The molecule has 3 aliphatic carbocycles. The smallest absolute Gasteiger partial charge is 0.306 e. The summed E-state index contributed by atoms with van der Waals surface area (Å²) in [5.74, 6) is 0.0198. The Kier molecular flexibility index (Phi) is 13.4. The molecule has 0 aromatic carbocycles. The van der Waals surface area contributed by atoms with Gasteiger partial charge in [-0.3, -0.25) is 9.59 Å². The van der Waals surface area contributed by atoms with Crippen LogP contribution in [0.3, 0.4) is 0 Å². The van der Waals surface area contributed by atoms with E-state index in [0.29, 0.717) is 18.4 Å². The van der Waals surface area contributed by atoms with Gasteiger partial charge in [0.15, 0.2) is 18.4 Å². The van der Waals surface area contributed by atoms with Gasteiger partial charge in [0.05, 0.1) is 30.8 Å². The van der Waals surface area contributed by atoms with Crippen molar-refractivity contribution in [1.82, 2.24) is 4.90 Å². The van der Waals surface area contributed by atoms with Gasteiger partial charge in [-0.25, -0.2) is 0 Å². The Balaban J connectivity index is 1.20. The van der Waals surface area contributed by atoms with Crippen LogP contribution < -0.4 is 0 Å². The largest absolute Gasteiger partial charge is 0.462 e. The predicted octanol–water partition coefficient (Wildman–Crippen LogP) is 5.49. The molecular formula is C41H65NO10. The van der Waals surface area contributed by atoms with E-state index in [-0.39, 0.29) is 96.8 Å². The number of fused-ring (bicyclic) bond motifs is 5. The van der Waals surface area contributed by atoms with Crippen LogP contribution in [0.2, 0.25) is 0 Å². The standard InChI is InChI=1S/C41H65NO10/c1-10-26-12-11-13-34(52-36-17-16-33(42(5)6)23(3)48-36)22(2)37(44)32-20-30-28(31(32)21-35(43)50-26)15-14-25-18-27(19-29(25)30)51-41-40(47-9)39(46-8)38(45-7)24(4)49-41/h14-15,20,22-31,33-34,36,38-41H,10-13,16-19,21H2,1-9H3/t22-,23-,24+,25-,26+,27-,28-,29-,30-,31+,33+,34-,36-,38+,39-,40-,41+/m1/s1. The molecule has 1 saturated carbocycles. The zero-order chi connectivity index (χ0) is 37.3. The highest BCUT2D eigenvalue weighted by Crippen LogP contribution is 2.54. The number of carbonyl (C=O) groups excluding carboxylic acids is 2. The van der Waals surface area contributed by atoms with Gasteiger partial charge in [-0.05, 0) is 109 Å². The van der Waals surface area contributed by atoms with E-state index < -0.39 is 12.4 Å². The number of ether oxygens (including phenoxy) is 8. The molecular weight excluding hydrogens is 666 g/mol. The van der Waals surface area contributed by atoms with Gasteiger partial charge in [0, 0.05) is 39.2 Å². The number of rotatable bonds is 9. The predicted molar refractivity (Wildman–Crippen MR) is 194 cm³/mol. The van der Waals surface area contributed by atoms with E-state index in [0.717, 1.165) is 50.5 Å². The topological polar surface area (TPSA) is 111 Å². The highest BCUT2D eigenvalue weighted by atomic mass is 16.7. The van der Waals surface area contributed by atoms with Crippen molar-refractivity contribution in [2.24, 2.45) is 35.5 Å². The Hall–Kier alpha value is -1.70. The van der Waals surface area contributed by atoms with Crippen molar-refractivity contribution in [1.29, 1.82) is 0 Å². The molecule has 11 heteroatoms. The van der Waals surface area contributed by atoms with Gasteiger partial charge in [-0.2, -0.15) is 0 Å². The molecule has 4 fully saturated rings. The number of ketones is 1. The second-order valence-corrected chi connectivity index (χ2v) is 16.5. The van der Waals surface area contributed by atoms with Crippen molar-refractivity contribution in [3.05, 3.63) is 23.8 Å². The maximum Gasteiger partial charge on any atom is 0.306 e. The lowest BCUT2D eigenvalue weighted by molar-refractivity contribution is -0.314. The van der Waals surface area contributed by atoms with Crippen LogP contribution in [0.15, 0.2) is 23.8 Å². The summed E-state index contributed by atoms with van der Waals surface area (Å²) in [5.41, 5.74) is 0.763.